The van der Waals surface area contributed by atoms with Crippen molar-refractivity contribution in [1.82, 2.24) is 15.1 Å². The van der Waals surface area contributed by atoms with Crippen LogP contribution in [-0.4, -0.2) is 30.0 Å². The van der Waals surface area contributed by atoms with Crippen molar-refractivity contribution in [3.63, 3.8) is 0 Å². The molecule has 0 saturated carbocycles. The molecule has 0 radical (unpaired) electrons. The van der Waals surface area contributed by atoms with Crippen LogP contribution in [0.5, 0.6) is 11.5 Å². The first-order valence-electron chi connectivity index (χ1n) is 8.53. The van der Waals surface area contributed by atoms with Crippen molar-refractivity contribution in [1.29, 1.82) is 0 Å². The molecule has 0 fully saturated rings. The van der Waals surface area contributed by atoms with Crippen LogP contribution < -0.4 is 20.5 Å². The molecule has 0 atom stereocenters. The zero-order chi connectivity index (χ0) is 19.1. The molecule has 3 aromatic rings. The zero-order valence-corrected chi connectivity index (χ0v) is 15.4. The minimum Gasteiger partial charge on any atom is -0.493 e. The van der Waals surface area contributed by atoms with Gasteiger partial charge in [-0.25, -0.2) is 9.67 Å². The first-order chi connectivity index (χ1) is 13.2. The lowest BCUT2D eigenvalue weighted by molar-refractivity contribution is 0.354. The van der Waals surface area contributed by atoms with E-state index in [1.54, 1.807) is 20.4 Å². The van der Waals surface area contributed by atoms with Gasteiger partial charge in [0.2, 0.25) is 0 Å². The van der Waals surface area contributed by atoms with Gasteiger partial charge in [-0.15, -0.1) is 0 Å². The quantitative estimate of drug-likeness (QED) is 0.496. The maximum absolute atomic E-state index is 5.99. The summed E-state index contributed by atoms with van der Waals surface area (Å²) in [6.07, 6.45) is 3.66. The van der Waals surface area contributed by atoms with E-state index in [2.05, 4.69) is 15.4 Å². The number of guanidine groups is 1. The first-order valence-corrected chi connectivity index (χ1v) is 8.53. The highest BCUT2D eigenvalue weighted by Crippen LogP contribution is 2.27. The lowest BCUT2D eigenvalue weighted by Crippen LogP contribution is -2.31. The van der Waals surface area contributed by atoms with Gasteiger partial charge in [0.15, 0.2) is 17.5 Å². The van der Waals surface area contributed by atoms with Gasteiger partial charge in [-0.1, -0.05) is 18.2 Å². The van der Waals surface area contributed by atoms with Gasteiger partial charge in [-0.05, 0) is 41.5 Å². The second kappa shape index (κ2) is 8.75. The summed E-state index contributed by atoms with van der Waals surface area (Å²) in [7, 11) is 3.23. The molecule has 0 aliphatic rings. The van der Waals surface area contributed by atoms with E-state index in [0.29, 0.717) is 30.5 Å². The minimum atomic E-state index is 0.384. The number of hydrogen-bond acceptors (Lipinski definition) is 4. The molecule has 1 aromatic heterocycles. The van der Waals surface area contributed by atoms with Crippen molar-refractivity contribution in [2.24, 2.45) is 10.7 Å². The number of benzene rings is 2. The Morgan fingerprint density at radius 1 is 1.07 bits per heavy atom. The summed E-state index contributed by atoms with van der Waals surface area (Å²) in [5.41, 5.74) is 9.06. The summed E-state index contributed by atoms with van der Waals surface area (Å²) in [4.78, 5) is 4.41. The lowest BCUT2D eigenvalue weighted by Gasteiger charge is -2.10. The number of nitrogens with one attached hydrogen (secondary N) is 1. The number of hydrogen-bond donors (Lipinski definition) is 2. The number of nitrogens with two attached hydrogens (primary N) is 1. The fourth-order valence-corrected chi connectivity index (χ4v) is 2.63. The highest BCUT2D eigenvalue weighted by atomic mass is 16.5. The Bertz CT molecular complexity index is 906. The standard InChI is InChI=1S/C20H23N5O2/c1-26-18-8-7-16(12-19(18)27-2)14-23-20(21)22-13-15-5-3-6-17(11-15)25-10-4-9-24-25/h3-12H,13-14H2,1-2H3,(H3,21,22,23). The fourth-order valence-electron chi connectivity index (χ4n) is 2.63. The predicted molar refractivity (Wildman–Crippen MR) is 105 cm³/mol. The average molecular weight is 365 g/mol. The van der Waals surface area contributed by atoms with Gasteiger partial charge in [0, 0.05) is 18.9 Å². The second-order valence-electron chi connectivity index (χ2n) is 5.86. The Morgan fingerprint density at radius 3 is 2.67 bits per heavy atom. The van der Waals surface area contributed by atoms with Crippen molar-refractivity contribution < 1.29 is 9.47 Å². The maximum Gasteiger partial charge on any atom is 0.189 e. The largest absolute Gasteiger partial charge is 0.493 e. The van der Waals surface area contributed by atoms with Crippen LogP contribution in [0.4, 0.5) is 0 Å². The van der Waals surface area contributed by atoms with Gasteiger partial charge in [0.05, 0.1) is 26.5 Å². The Morgan fingerprint density at radius 2 is 1.93 bits per heavy atom. The van der Waals surface area contributed by atoms with Gasteiger partial charge in [-0.2, -0.15) is 5.10 Å². The molecule has 0 bridgehead atoms. The van der Waals surface area contributed by atoms with Crippen LogP contribution in [-0.2, 0) is 13.1 Å². The number of rotatable bonds is 7. The van der Waals surface area contributed by atoms with Crippen LogP contribution in [0.1, 0.15) is 11.1 Å². The zero-order valence-electron chi connectivity index (χ0n) is 15.4. The lowest BCUT2D eigenvalue weighted by atomic mass is 10.2. The number of aliphatic imine (C=N–C) groups is 1. The van der Waals surface area contributed by atoms with Crippen LogP contribution in [0.25, 0.3) is 5.69 Å². The van der Waals surface area contributed by atoms with Crippen molar-refractivity contribution in [2.75, 3.05) is 14.2 Å². The SMILES string of the molecule is COc1ccc(CNC(N)=NCc2cccc(-n3cccn3)c2)cc1OC. The van der Waals surface area contributed by atoms with Crippen LogP contribution in [0.15, 0.2) is 65.9 Å². The smallest absolute Gasteiger partial charge is 0.189 e. The highest BCUT2D eigenvalue weighted by Gasteiger charge is 2.05. The first kappa shape index (κ1) is 18.3. The molecule has 0 saturated heterocycles. The van der Waals surface area contributed by atoms with Crippen LogP contribution in [0.3, 0.4) is 0 Å². The van der Waals surface area contributed by atoms with E-state index < -0.39 is 0 Å². The molecular formula is C20H23N5O2. The van der Waals surface area contributed by atoms with E-state index in [1.165, 1.54) is 0 Å². The molecule has 3 rings (SSSR count). The second-order valence-corrected chi connectivity index (χ2v) is 5.86. The predicted octanol–water partition coefficient (Wildman–Crippen LogP) is 2.49. The van der Waals surface area contributed by atoms with Gasteiger partial charge in [0.25, 0.3) is 0 Å². The fraction of sp³-hybridized carbons (Fsp3) is 0.200. The van der Waals surface area contributed by atoms with E-state index in [-0.39, 0.29) is 0 Å². The Labute approximate surface area is 158 Å². The van der Waals surface area contributed by atoms with E-state index in [9.17, 15) is 0 Å². The third-order valence-corrected chi connectivity index (χ3v) is 4.03. The number of aromatic nitrogens is 2. The van der Waals surface area contributed by atoms with Crippen molar-refractivity contribution >= 4 is 5.96 Å². The molecule has 7 nitrogen and oxygen atoms in total. The summed E-state index contributed by atoms with van der Waals surface area (Å²) < 4.78 is 12.4. The Kier molecular flexibility index (Phi) is 5.94. The molecule has 27 heavy (non-hydrogen) atoms. The molecule has 2 aromatic carbocycles. The van der Waals surface area contributed by atoms with Gasteiger partial charge < -0.3 is 20.5 Å². The number of nitrogens with zero attached hydrogens (tertiary/aromatic N) is 3. The molecule has 1 heterocycles. The molecule has 140 valence electrons. The normalized spacial score (nSPS) is 11.3. The molecular weight excluding hydrogens is 342 g/mol. The topological polar surface area (TPSA) is 86.7 Å². The van der Waals surface area contributed by atoms with E-state index in [0.717, 1.165) is 16.8 Å². The van der Waals surface area contributed by atoms with Crippen molar-refractivity contribution in [2.45, 2.75) is 13.1 Å². The van der Waals surface area contributed by atoms with Crippen LogP contribution in [0, 0.1) is 0 Å². The van der Waals surface area contributed by atoms with Gasteiger partial charge in [0.1, 0.15) is 0 Å². The summed E-state index contributed by atoms with van der Waals surface area (Å²) in [5, 5.41) is 7.35. The third-order valence-electron chi connectivity index (χ3n) is 4.03. The van der Waals surface area contributed by atoms with Gasteiger partial charge in [-0.3, -0.25) is 0 Å². The highest BCUT2D eigenvalue weighted by molar-refractivity contribution is 5.77. The third kappa shape index (κ3) is 4.78. The van der Waals surface area contributed by atoms with Crippen molar-refractivity contribution in [3.05, 3.63) is 72.1 Å². The summed E-state index contributed by atoms with van der Waals surface area (Å²) in [5.74, 6) is 1.76. The summed E-state index contributed by atoms with van der Waals surface area (Å²) in [6, 6.07) is 15.6. The molecule has 0 unspecified atom stereocenters. The average Bonchev–Trinajstić information content (AvgIpc) is 3.25. The van der Waals surface area contributed by atoms with Gasteiger partial charge >= 0.3 is 0 Å². The Balaban J connectivity index is 1.59. The maximum atomic E-state index is 5.99. The number of ether oxygens (including phenoxy) is 2. The van der Waals surface area contributed by atoms with Crippen LogP contribution in [0.2, 0.25) is 0 Å². The van der Waals surface area contributed by atoms with Crippen LogP contribution >= 0.6 is 0 Å². The molecule has 0 aliphatic carbocycles. The van der Waals surface area contributed by atoms with Crippen molar-refractivity contribution in [3.8, 4) is 17.2 Å². The molecule has 0 amide bonds. The van der Waals surface area contributed by atoms with E-state index in [1.807, 2.05) is 59.4 Å². The molecule has 7 heteroatoms. The summed E-state index contributed by atoms with van der Waals surface area (Å²) in [6.45, 7) is 1.03. The molecule has 0 aliphatic heterocycles. The molecule has 3 N–H and O–H groups in total. The van der Waals surface area contributed by atoms with E-state index in [4.69, 9.17) is 15.2 Å². The number of methoxy groups -OCH3 is 2. The monoisotopic (exact) mass is 365 g/mol. The minimum absolute atomic E-state index is 0.384. The summed E-state index contributed by atoms with van der Waals surface area (Å²) >= 11 is 0. The Hall–Kier alpha value is -3.48. The van der Waals surface area contributed by atoms with E-state index >= 15 is 0 Å². The molecule has 0 spiro atoms.